The Morgan fingerprint density at radius 3 is 2.35 bits per heavy atom. The number of halogens is 3. The van der Waals surface area contributed by atoms with Gasteiger partial charge >= 0.3 is 12.1 Å². The van der Waals surface area contributed by atoms with Crippen molar-refractivity contribution >= 4 is 11.9 Å². The number of alkyl halides is 3. The van der Waals surface area contributed by atoms with Gasteiger partial charge in [-0.1, -0.05) is 32.0 Å². The standard InChI is InChI=1S/C17H18F3N3O3/c1-9(2)12-8-13(23(3)22-12)15(24)21-14(16(25)26)10-6-4-5-7-11(10)17(18,19)20/h4-9,14H,1-3H3,(H,21,24)(H,25,26). The summed E-state index contributed by atoms with van der Waals surface area (Å²) in [7, 11) is 1.50. The monoisotopic (exact) mass is 369 g/mol. The predicted octanol–water partition coefficient (Wildman–Crippen LogP) is 3.12. The number of nitrogens with zero attached hydrogens (tertiary/aromatic N) is 2. The molecule has 0 bridgehead atoms. The van der Waals surface area contributed by atoms with Crippen LogP contribution in [0.4, 0.5) is 13.2 Å². The molecular weight excluding hydrogens is 351 g/mol. The lowest BCUT2D eigenvalue weighted by atomic mass is 9.99. The van der Waals surface area contributed by atoms with Gasteiger partial charge in [-0.3, -0.25) is 9.48 Å². The van der Waals surface area contributed by atoms with Crippen LogP contribution in [0.1, 0.15) is 53.1 Å². The molecule has 0 spiro atoms. The molecule has 1 heterocycles. The highest BCUT2D eigenvalue weighted by atomic mass is 19.4. The Morgan fingerprint density at radius 1 is 1.23 bits per heavy atom. The highest BCUT2D eigenvalue weighted by Crippen LogP contribution is 2.34. The first-order valence-corrected chi connectivity index (χ1v) is 7.76. The summed E-state index contributed by atoms with van der Waals surface area (Å²) in [6.07, 6.45) is -4.74. The largest absolute Gasteiger partial charge is 0.479 e. The molecule has 6 nitrogen and oxygen atoms in total. The summed E-state index contributed by atoms with van der Waals surface area (Å²) in [6.45, 7) is 3.73. The van der Waals surface area contributed by atoms with Crippen molar-refractivity contribution in [2.24, 2.45) is 7.05 Å². The molecule has 0 saturated carbocycles. The maximum atomic E-state index is 13.2. The summed E-state index contributed by atoms with van der Waals surface area (Å²) in [6, 6.07) is 3.88. The number of aryl methyl sites for hydroxylation is 1. The Hall–Kier alpha value is -2.84. The summed E-state index contributed by atoms with van der Waals surface area (Å²) in [5.41, 5.74) is -0.975. The number of aromatic nitrogens is 2. The minimum atomic E-state index is -4.74. The lowest BCUT2D eigenvalue weighted by Crippen LogP contribution is -2.36. The van der Waals surface area contributed by atoms with E-state index in [0.29, 0.717) is 5.69 Å². The number of carboxylic acid groups (broad SMARTS) is 1. The lowest BCUT2D eigenvalue weighted by molar-refractivity contribution is -0.142. The third-order valence-corrected chi connectivity index (χ3v) is 3.82. The van der Waals surface area contributed by atoms with Gasteiger partial charge in [-0.25, -0.2) is 4.79 Å². The number of aliphatic carboxylic acids is 1. The van der Waals surface area contributed by atoms with Gasteiger partial charge in [-0.2, -0.15) is 18.3 Å². The molecule has 1 aromatic carbocycles. The van der Waals surface area contributed by atoms with Gasteiger partial charge in [0.15, 0.2) is 6.04 Å². The van der Waals surface area contributed by atoms with E-state index in [9.17, 15) is 27.9 Å². The van der Waals surface area contributed by atoms with Crippen molar-refractivity contribution in [2.45, 2.75) is 32.0 Å². The van der Waals surface area contributed by atoms with E-state index in [-0.39, 0.29) is 11.6 Å². The Bertz CT molecular complexity index is 828. The van der Waals surface area contributed by atoms with Gasteiger partial charge in [0.1, 0.15) is 5.69 Å². The molecule has 0 aliphatic carbocycles. The Labute approximate surface area is 147 Å². The van der Waals surface area contributed by atoms with E-state index < -0.39 is 35.2 Å². The van der Waals surface area contributed by atoms with Crippen molar-refractivity contribution in [1.82, 2.24) is 15.1 Å². The van der Waals surface area contributed by atoms with Crippen molar-refractivity contribution < 1.29 is 27.9 Å². The number of nitrogens with one attached hydrogen (secondary N) is 1. The smallest absolute Gasteiger partial charge is 0.416 e. The summed E-state index contributed by atoms with van der Waals surface area (Å²) >= 11 is 0. The topological polar surface area (TPSA) is 84.2 Å². The van der Waals surface area contributed by atoms with E-state index in [1.807, 2.05) is 13.8 Å². The number of hydrogen-bond acceptors (Lipinski definition) is 3. The molecule has 1 amide bonds. The van der Waals surface area contributed by atoms with E-state index in [1.54, 1.807) is 0 Å². The van der Waals surface area contributed by atoms with Crippen molar-refractivity contribution in [3.63, 3.8) is 0 Å². The highest BCUT2D eigenvalue weighted by Gasteiger charge is 2.37. The molecule has 0 radical (unpaired) electrons. The molecule has 1 atom stereocenters. The third-order valence-electron chi connectivity index (χ3n) is 3.82. The molecule has 2 aromatic rings. The van der Waals surface area contributed by atoms with Gasteiger partial charge in [0.05, 0.1) is 11.3 Å². The highest BCUT2D eigenvalue weighted by molar-refractivity contribution is 5.95. The molecule has 0 saturated heterocycles. The van der Waals surface area contributed by atoms with E-state index in [4.69, 9.17) is 0 Å². The summed E-state index contributed by atoms with van der Waals surface area (Å²) in [5, 5.41) is 15.7. The molecule has 140 valence electrons. The lowest BCUT2D eigenvalue weighted by Gasteiger charge is -2.19. The second-order valence-electron chi connectivity index (χ2n) is 6.06. The fourth-order valence-corrected chi connectivity index (χ4v) is 2.47. The molecule has 2 N–H and O–H groups in total. The van der Waals surface area contributed by atoms with E-state index in [0.717, 1.165) is 18.2 Å². The van der Waals surface area contributed by atoms with E-state index in [2.05, 4.69) is 10.4 Å². The van der Waals surface area contributed by atoms with Crippen LogP contribution < -0.4 is 5.32 Å². The molecule has 26 heavy (non-hydrogen) atoms. The van der Waals surface area contributed by atoms with Crippen molar-refractivity contribution in [3.05, 3.63) is 52.8 Å². The van der Waals surface area contributed by atoms with Gasteiger partial charge in [0.2, 0.25) is 0 Å². The molecule has 0 aliphatic heterocycles. The Balaban J connectivity index is 2.39. The Kier molecular flexibility index (Phi) is 5.38. The first-order valence-electron chi connectivity index (χ1n) is 7.76. The van der Waals surface area contributed by atoms with Crippen LogP contribution in [0.25, 0.3) is 0 Å². The number of benzene rings is 1. The number of rotatable bonds is 5. The predicted molar refractivity (Wildman–Crippen MR) is 86.6 cm³/mol. The van der Waals surface area contributed by atoms with Crippen molar-refractivity contribution in [1.29, 1.82) is 0 Å². The maximum absolute atomic E-state index is 13.2. The van der Waals surface area contributed by atoms with Crippen LogP contribution in [0, 0.1) is 0 Å². The van der Waals surface area contributed by atoms with Crippen LogP contribution in [-0.4, -0.2) is 26.8 Å². The third kappa shape index (κ3) is 4.04. The summed E-state index contributed by atoms with van der Waals surface area (Å²) < 4.78 is 40.8. The number of carboxylic acids is 1. The van der Waals surface area contributed by atoms with Gasteiger partial charge in [-0.05, 0) is 23.6 Å². The molecule has 9 heteroatoms. The second-order valence-corrected chi connectivity index (χ2v) is 6.06. The second kappa shape index (κ2) is 7.19. The van der Waals surface area contributed by atoms with E-state index >= 15 is 0 Å². The molecule has 0 fully saturated rings. The van der Waals surface area contributed by atoms with E-state index in [1.165, 1.54) is 23.9 Å². The average molecular weight is 369 g/mol. The first kappa shape index (κ1) is 19.5. The SMILES string of the molecule is CC(C)c1cc(C(=O)NC(C(=O)O)c2ccccc2C(F)(F)F)n(C)n1. The first-order chi connectivity index (χ1) is 12.0. The maximum Gasteiger partial charge on any atom is 0.416 e. The van der Waals surface area contributed by atoms with Gasteiger partial charge in [-0.15, -0.1) is 0 Å². The minimum absolute atomic E-state index is 0.0315. The van der Waals surface area contributed by atoms with Crippen LogP contribution in [0.15, 0.2) is 30.3 Å². The van der Waals surface area contributed by atoms with Gasteiger partial charge < -0.3 is 10.4 Å². The van der Waals surface area contributed by atoms with Crippen molar-refractivity contribution in [3.8, 4) is 0 Å². The van der Waals surface area contributed by atoms with Crippen LogP contribution in [0.2, 0.25) is 0 Å². The zero-order valence-electron chi connectivity index (χ0n) is 14.3. The van der Waals surface area contributed by atoms with Crippen LogP contribution in [0.5, 0.6) is 0 Å². The fourth-order valence-electron chi connectivity index (χ4n) is 2.47. The van der Waals surface area contributed by atoms with Gasteiger partial charge in [0, 0.05) is 7.05 Å². The summed E-state index contributed by atoms with van der Waals surface area (Å²) in [5.74, 6) is -2.39. The quantitative estimate of drug-likeness (QED) is 0.848. The fraction of sp³-hybridized carbons (Fsp3) is 0.353. The van der Waals surface area contributed by atoms with Crippen LogP contribution >= 0.6 is 0 Å². The number of amides is 1. The molecule has 1 aromatic heterocycles. The zero-order valence-corrected chi connectivity index (χ0v) is 14.3. The zero-order chi connectivity index (χ0) is 19.6. The number of hydrogen-bond donors (Lipinski definition) is 2. The van der Waals surface area contributed by atoms with Gasteiger partial charge in [0.25, 0.3) is 5.91 Å². The Morgan fingerprint density at radius 2 is 1.85 bits per heavy atom. The summed E-state index contributed by atoms with van der Waals surface area (Å²) in [4.78, 5) is 24.0. The van der Waals surface area contributed by atoms with Crippen LogP contribution in [-0.2, 0) is 18.0 Å². The average Bonchev–Trinajstić information content (AvgIpc) is 2.93. The molecule has 2 rings (SSSR count). The molecular formula is C17H18F3N3O3. The molecule has 1 unspecified atom stereocenters. The number of carbonyl (C=O) groups excluding carboxylic acids is 1. The van der Waals surface area contributed by atoms with Crippen molar-refractivity contribution in [2.75, 3.05) is 0 Å². The minimum Gasteiger partial charge on any atom is -0.479 e. The number of carbonyl (C=O) groups is 2. The normalized spacial score (nSPS) is 12.9. The van der Waals surface area contributed by atoms with Crippen LogP contribution in [0.3, 0.4) is 0 Å². The molecule has 0 aliphatic rings.